The van der Waals surface area contributed by atoms with Gasteiger partial charge in [-0.05, 0) is 64.5 Å². The Bertz CT molecular complexity index is 770. The van der Waals surface area contributed by atoms with Gasteiger partial charge >= 0.3 is 40.8 Å². The summed E-state index contributed by atoms with van der Waals surface area (Å²) in [5, 5.41) is 44.3. The van der Waals surface area contributed by atoms with Crippen molar-refractivity contribution in [1.29, 1.82) is 0 Å². The Balaban J connectivity index is -0.000000165. The predicted octanol–water partition coefficient (Wildman–Crippen LogP) is 1.16. The van der Waals surface area contributed by atoms with E-state index in [0.29, 0.717) is 0 Å². The molecule has 8 nitrogen and oxygen atoms in total. The number of ketones is 4. The Morgan fingerprint density at radius 2 is 0.778 bits per heavy atom. The second-order valence-corrected chi connectivity index (χ2v) is 8.64. The third kappa shape index (κ3) is 26.8. The van der Waals surface area contributed by atoms with Crippen molar-refractivity contribution in [1.82, 2.24) is 0 Å². The molecule has 0 aromatic carbocycles. The summed E-state index contributed by atoms with van der Waals surface area (Å²) in [6, 6.07) is 0. The van der Waals surface area contributed by atoms with Gasteiger partial charge in [-0.3, -0.25) is 19.2 Å². The molecule has 0 aliphatic heterocycles. The van der Waals surface area contributed by atoms with E-state index >= 15 is 0 Å². The molecule has 0 heterocycles. The molecule has 0 fully saturated rings. The van der Waals surface area contributed by atoms with E-state index in [2.05, 4.69) is 0 Å². The fraction of sp³-hybridized carbons (Fsp3) is 0.538. The molecule has 0 amide bonds. The van der Waals surface area contributed by atoms with Gasteiger partial charge in [0.05, 0.1) is 0 Å². The third-order valence-electron chi connectivity index (χ3n) is 3.51. The van der Waals surface area contributed by atoms with Gasteiger partial charge in [0, 0.05) is 11.1 Å². The minimum atomic E-state index is -0.516. The van der Waals surface area contributed by atoms with Gasteiger partial charge in [0.1, 0.15) is 0 Å². The topological polar surface area (TPSA) is 161 Å². The summed E-state index contributed by atoms with van der Waals surface area (Å²) in [4.78, 5) is 43.4. The molecule has 0 aromatic rings. The van der Waals surface area contributed by atoms with Crippen LogP contribution in [0.25, 0.3) is 0 Å². The van der Waals surface area contributed by atoms with Crippen molar-refractivity contribution in [3.8, 4) is 0 Å². The van der Waals surface area contributed by atoms with Crippen LogP contribution in [0.2, 0.25) is 0 Å². The zero-order valence-electron chi connectivity index (χ0n) is 22.6. The van der Waals surface area contributed by atoms with Gasteiger partial charge in [0.25, 0.3) is 0 Å². The first-order valence-electron chi connectivity index (χ1n) is 10.9. The van der Waals surface area contributed by atoms with Crippen LogP contribution < -0.4 is 20.4 Å². The van der Waals surface area contributed by atoms with Gasteiger partial charge in [-0.15, -0.1) is 23.0 Å². The smallest absolute Gasteiger partial charge is 0.876 e. The average Bonchev–Trinajstić information content (AvgIpc) is 2.55. The summed E-state index contributed by atoms with van der Waals surface area (Å²) in [6.45, 7) is 15.2. The molecule has 0 aliphatic carbocycles. The Hall–Kier alpha value is -1.84. The second-order valence-electron chi connectivity index (χ2n) is 8.64. The quantitative estimate of drug-likeness (QED) is 0.151. The molecule has 0 spiro atoms. The normalized spacial score (nSPS) is 12.3. The van der Waals surface area contributed by atoms with E-state index in [1.54, 1.807) is 0 Å². The first-order valence-corrected chi connectivity index (χ1v) is 10.9. The van der Waals surface area contributed by atoms with Crippen LogP contribution in [0, 0.1) is 11.8 Å². The molecule has 210 valence electrons. The van der Waals surface area contributed by atoms with Crippen LogP contribution in [0.1, 0.15) is 82.1 Å². The van der Waals surface area contributed by atoms with Crippen molar-refractivity contribution in [2.24, 2.45) is 11.8 Å². The summed E-state index contributed by atoms with van der Waals surface area (Å²) in [5.41, 5.74) is -0.450. The van der Waals surface area contributed by atoms with E-state index in [-0.39, 0.29) is 99.8 Å². The molecule has 0 aromatic heterocycles. The average molecular weight is 691 g/mol. The standard InChI is InChI=1S/C16H26O4.2C5H8O2.2Pd/c1-9(2)7-13(19)15(11(5)17)16(12(6)18)14(20)8-10(3)4;2*1-4(6)3-5(2)7;;/h9-10,19-20H,7-8H2,1-6H3;2*3,6H,1-2H3;;/q;;;2*+2/p-4/b15-13+,16-14+;2*4-3-;;. The summed E-state index contributed by atoms with van der Waals surface area (Å²) in [7, 11) is 0. The molecule has 0 saturated heterocycles. The summed E-state index contributed by atoms with van der Waals surface area (Å²) in [6.07, 6.45) is 2.42. The van der Waals surface area contributed by atoms with Crippen LogP contribution >= 0.6 is 0 Å². The number of Topliss-reactive ketones (excluding diaryl/α,β-unsaturated/α-hetero) is 2. The van der Waals surface area contributed by atoms with Gasteiger partial charge in [-0.25, -0.2) is 0 Å². The van der Waals surface area contributed by atoms with E-state index in [0.717, 1.165) is 12.2 Å². The molecular formula is C26H38O8Pd2. The fourth-order valence-corrected chi connectivity index (χ4v) is 2.54. The Morgan fingerprint density at radius 1 is 0.556 bits per heavy atom. The molecule has 0 saturated carbocycles. The van der Waals surface area contributed by atoms with E-state index in [1.807, 2.05) is 27.7 Å². The zero-order valence-corrected chi connectivity index (χ0v) is 25.7. The summed E-state index contributed by atoms with van der Waals surface area (Å²) < 4.78 is 0. The minimum Gasteiger partial charge on any atom is -0.876 e. The summed E-state index contributed by atoms with van der Waals surface area (Å²) >= 11 is 0. The fourth-order valence-electron chi connectivity index (χ4n) is 2.54. The maximum absolute atomic E-state index is 12.1. The monoisotopic (exact) mass is 690 g/mol. The van der Waals surface area contributed by atoms with Crippen LogP contribution in [0.3, 0.4) is 0 Å². The van der Waals surface area contributed by atoms with Gasteiger partial charge in [-0.2, -0.15) is 0 Å². The van der Waals surface area contributed by atoms with Crippen molar-refractivity contribution in [3.05, 3.63) is 46.3 Å². The number of hydrogen-bond acceptors (Lipinski definition) is 8. The molecule has 0 rings (SSSR count). The van der Waals surface area contributed by atoms with Crippen LogP contribution in [0.5, 0.6) is 0 Å². The van der Waals surface area contributed by atoms with E-state index in [4.69, 9.17) is 0 Å². The maximum Gasteiger partial charge on any atom is 2.00 e. The largest absolute Gasteiger partial charge is 2.00 e. The molecular weight excluding hydrogens is 653 g/mol. The van der Waals surface area contributed by atoms with Crippen molar-refractivity contribution in [3.63, 3.8) is 0 Å². The number of hydrogen-bond donors (Lipinski definition) is 0. The molecule has 0 atom stereocenters. The van der Waals surface area contributed by atoms with Crippen LogP contribution in [0.4, 0.5) is 0 Å². The van der Waals surface area contributed by atoms with Crippen LogP contribution in [0.15, 0.2) is 46.3 Å². The molecule has 0 radical (unpaired) electrons. The first kappa shape index (κ1) is 44.2. The van der Waals surface area contributed by atoms with Crippen molar-refractivity contribution in [2.45, 2.75) is 82.1 Å². The minimum absolute atomic E-state index is 0. The van der Waals surface area contributed by atoms with E-state index < -0.39 is 23.1 Å². The second kappa shape index (κ2) is 23.6. The maximum atomic E-state index is 12.1. The number of carbonyl (C=O) groups is 4. The molecule has 0 aliphatic rings. The van der Waals surface area contributed by atoms with E-state index in [1.165, 1.54) is 41.5 Å². The van der Waals surface area contributed by atoms with Crippen molar-refractivity contribution >= 4 is 23.1 Å². The molecule has 10 heteroatoms. The first-order chi connectivity index (χ1) is 15.3. The van der Waals surface area contributed by atoms with Gasteiger partial charge in [0.2, 0.25) is 0 Å². The van der Waals surface area contributed by atoms with Gasteiger partial charge in [-0.1, -0.05) is 41.5 Å². The molecule has 0 unspecified atom stereocenters. The van der Waals surface area contributed by atoms with E-state index in [9.17, 15) is 39.6 Å². The zero-order chi connectivity index (χ0) is 27.8. The third-order valence-corrected chi connectivity index (χ3v) is 3.51. The predicted molar refractivity (Wildman–Crippen MR) is 123 cm³/mol. The molecule has 36 heavy (non-hydrogen) atoms. The van der Waals surface area contributed by atoms with Crippen LogP contribution in [-0.4, -0.2) is 23.1 Å². The van der Waals surface area contributed by atoms with Gasteiger partial charge < -0.3 is 20.4 Å². The summed E-state index contributed by atoms with van der Waals surface area (Å²) in [5.74, 6) is -2.50. The number of carbonyl (C=O) groups excluding carboxylic acids is 4. The molecule has 0 bridgehead atoms. The number of rotatable bonds is 9. The SMILES string of the molecule is CC(=O)/C=C(/C)[O-].CC(=O)/C=C(/C)[O-].CC(=O)C(=C(\[O-])CC(C)C)/C(C(C)=O)=C(/[O-])CC(C)C.[Pd+2].[Pd+2]. The molecule has 0 N–H and O–H groups in total. The van der Waals surface area contributed by atoms with Crippen molar-refractivity contribution in [2.75, 3.05) is 0 Å². The van der Waals surface area contributed by atoms with Crippen LogP contribution in [-0.2, 0) is 60.0 Å². The number of allylic oxidation sites excluding steroid dienone is 8. The Kier molecular flexibility index (Phi) is 28.9. The van der Waals surface area contributed by atoms with Gasteiger partial charge in [0.15, 0.2) is 23.1 Å². The Morgan fingerprint density at radius 3 is 0.861 bits per heavy atom. The Labute approximate surface area is 242 Å². The van der Waals surface area contributed by atoms with Crippen molar-refractivity contribution < 1.29 is 80.4 Å².